The van der Waals surface area contributed by atoms with E-state index in [0.29, 0.717) is 22.7 Å². The fourth-order valence-electron chi connectivity index (χ4n) is 2.06. The summed E-state index contributed by atoms with van der Waals surface area (Å²) < 4.78 is 19.1. The Balaban J connectivity index is 2.49. The van der Waals surface area contributed by atoms with Gasteiger partial charge in [-0.25, -0.2) is 19.2 Å². The predicted molar refractivity (Wildman–Crippen MR) is 92.5 cm³/mol. The lowest BCUT2D eigenvalue weighted by atomic mass is 10.1. The van der Waals surface area contributed by atoms with Crippen LogP contribution in [0.1, 0.15) is 25.1 Å². The molecular weight excluding hydrogens is 354 g/mol. The molecule has 0 saturated heterocycles. The van der Waals surface area contributed by atoms with Gasteiger partial charge in [-0.1, -0.05) is 30.1 Å². The van der Waals surface area contributed by atoms with Gasteiger partial charge in [0.05, 0.1) is 28.0 Å². The van der Waals surface area contributed by atoms with E-state index in [1.807, 2.05) is 6.92 Å². The predicted octanol–water partition coefficient (Wildman–Crippen LogP) is 4.73. The van der Waals surface area contributed by atoms with Crippen molar-refractivity contribution in [3.05, 3.63) is 51.7 Å². The van der Waals surface area contributed by atoms with Crippen molar-refractivity contribution in [2.45, 2.75) is 20.3 Å². The molecule has 0 amide bonds. The van der Waals surface area contributed by atoms with Crippen LogP contribution >= 0.6 is 23.2 Å². The monoisotopic (exact) mass is 368 g/mol. The third-order valence-electron chi connectivity index (χ3n) is 3.22. The average molecular weight is 369 g/mol. The van der Waals surface area contributed by atoms with E-state index >= 15 is 0 Å². The summed E-state index contributed by atoms with van der Waals surface area (Å²) in [4.78, 5) is 19.6. The van der Waals surface area contributed by atoms with Crippen molar-refractivity contribution in [3.8, 4) is 11.3 Å². The quantitative estimate of drug-likeness (QED) is 0.565. The third-order valence-corrected chi connectivity index (χ3v) is 3.95. The summed E-state index contributed by atoms with van der Waals surface area (Å²) in [6, 6.07) is 2.65. The van der Waals surface area contributed by atoms with Gasteiger partial charge in [-0.2, -0.15) is 0 Å². The Bertz CT molecular complexity index is 794. The second-order valence-electron chi connectivity index (χ2n) is 4.78. The second kappa shape index (κ2) is 8.22. The van der Waals surface area contributed by atoms with Crippen LogP contribution in [0.25, 0.3) is 17.3 Å². The zero-order chi connectivity index (χ0) is 17.7. The highest BCUT2D eigenvalue weighted by atomic mass is 35.5. The van der Waals surface area contributed by atoms with Crippen molar-refractivity contribution in [3.63, 3.8) is 0 Å². The van der Waals surface area contributed by atoms with Crippen LogP contribution in [0, 0.1) is 5.82 Å². The number of nitrogens with zero attached hydrogens (tertiary/aromatic N) is 2. The summed E-state index contributed by atoms with van der Waals surface area (Å²) in [5, 5.41) is 0.458. The molecule has 0 spiro atoms. The molecular formula is C17H15Cl2FN2O2. The maximum Gasteiger partial charge on any atom is 0.330 e. The molecule has 4 nitrogen and oxygen atoms in total. The number of esters is 1. The number of benzene rings is 1. The van der Waals surface area contributed by atoms with Crippen molar-refractivity contribution >= 4 is 35.2 Å². The minimum Gasteiger partial charge on any atom is -0.463 e. The van der Waals surface area contributed by atoms with Crippen molar-refractivity contribution in [1.29, 1.82) is 0 Å². The third kappa shape index (κ3) is 4.10. The summed E-state index contributed by atoms with van der Waals surface area (Å²) >= 11 is 12.3. The van der Waals surface area contributed by atoms with E-state index in [-0.39, 0.29) is 22.9 Å². The van der Waals surface area contributed by atoms with Crippen LogP contribution in [0.3, 0.4) is 0 Å². The number of hydrogen-bond donors (Lipinski definition) is 0. The molecule has 24 heavy (non-hydrogen) atoms. The highest BCUT2D eigenvalue weighted by molar-refractivity contribution is 6.34. The molecule has 0 aliphatic rings. The first kappa shape index (κ1) is 18.4. The molecule has 126 valence electrons. The Morgan fingerprint density at radius 3 is 2.71 bits per heavy atom. The molecule has 0 aliphatic heterocycles. The smallest absolute Gasteiger partial charge is 0.330 e. The van der Waals surface area contributed by atoms with E-state index in [1.54, 1.807) is 6.92 Å². The van der Waals surface area contributed by atoms with E-state index in [9.17, 15) is 9.18 Å². The lowest BCUT2D eigenvalue weighted by Crippen LogP contribution is -1.99. The number of carbonyl (C=O) groups excluding carboxylic acids is 1. The van der Waals surface area contributed by atoms with Gasteiger partial charge in [0.1, 0.15) is 12.1 Å². The van der Waals surface area contributed by atoms with Gasteiger partial charge in [-0.05, 0) is 37.1 Å². The van der Waals surface area contributed by atoms with E-state index in [1.165, 1.54) is 24.5 Å². The fraction of sp³-hybridized carbons (Fsp3) is 0.235. The lowest BCUT2D eigenvalue weighted by molar-refractivity contribution is -0.137. The van der Waals surface area contributed by atoms with E-state index in [2.05, 4.69) is 9.97 Å². The number of ether oxygens (including phenoxy) is 1. The van der Waals surface area contributed by atoms with Crippen LogP contribution in [0.2, 0.25) is 10.0 Å². The second-order valence-corrected chi connectivity index (χ2v) is 5.56. The SMILES string of the molecule is CCOC(=O)/C=C/c1cc(-c2ncnc(CC)c2Cl)c(F)cc1Cl. The van der Waals surface area contributed by atoms with Gasteiger partial charge in [-0.15, -0.1) is 0 Å². The molecule has 0 radical (unpaired) electrons. The van der Waals surface area contributed by atoms with Gasteiger partial charge in [0.2, 0.25) is 0 Å². The zero-order valence-electron chi connectivity index (χ0n) is 13.1. The first-order chi connectivity index (χ1) is 11.5. The standard InChI is InChI=1S/C17H15Cl2FN2O2/c1-3-14-16(19)17(22-9-21-14)11-7-10(12(18)8-13(11)20)5-6-15(23)24-4-2/h5-9H,3-4H2,1-2H3/b6-5+. The molecule has 0 unspecified atom stereocenters. The molecule has 7 heteroatoms. The summed E-state index contributed by atoms with van der Waals surface area (Å²) in [6.45, 7) is 3.86. The summed E-state index contributed by atoms with van der Waals surface area (Å²) in [7, 11) is 0. The van der Waals surface area contributed by atoms with Crippen molar-refractivity contribution in [1.82, 2.24) is 9.97 Å². The van der Waals surface area contributed by atoms with Gasteiger partial charge >= 0.3 is 5.97 Å². The van der Waals surface area contributed by atoms with Crippen molar-refractivity contribution in [2.24, 2.45) is 0 Å². The van der Waals surface area contributed by atoms with Gasteiger partial charge < -0.3 is 4.74 Å². The first-order valence-electron chi connectivity index (χ1n) is 7.31. The Labute approximate surface area is 149 Å². The molecule has 0 aliphatic carbocycles. The van der Waals surface area contributed by atoms with Crippen LogP contribution in [0.15, 0.2) is 24.5 Å². The van der Waals surface area contributed by atoms with Crippen LogP contribution in [-0.2, 0) is 16.0 Å². The van der Waals surface area contributed by atoms with Gasteiger partial charge in [0.15, 0.2) is 0 Å². The van der Waals surface area contributed by atoms with Crippen LogP contribution < -0.4 is 0 Å². The number of rotatable bonds is 5. The molecule has 1 aromatic heterocycles. The van der Waals surface area contributed by atoms with Crippen molar-refractivity contribution < 1.29 is 13.9 Å². The molecule has 2 rings (SSSR count). The summed E-state index contributed by atoms with van der Waals surface area (Å²) in [5.74, 6) is -1.07. The Morgan fingerprint density at radius 1 is 1.29 bits per heavy atom. The molecule has 0 saturated carbocycles. The van der Waals surface area contributed by atoms with E-state index in [4.69, 9.17) is 27.9 Å². The minimum atomic E-state index is -0.559. The maximum absolute atomic E-state index is 14.3. The highest BCUT2D eigenvalue weighted by Crippen LogP contribution is 2.33. The molecule has 1 aromatic carbocycles. The number of halogens is 3. The largest absolute Gasteiger partial charge is 0.463 e. The highest BCUT2D eigenvalue weighted by Gasteiger charge is 2.16. The molecule has 2 aromatic rings. The van der Waals surface area contributed by atoms with Crippen molar-refractivity contribution in [2.75, 3.05) is 6.61 Å². The number of aromatic nitrogens is 2. The fourth-order valence-corrected chi connectivity index (χ4v) is 2.61. The summed E-state index contributed by atoms with van der Waals surface area (Å²) in [5.41, 5.74) is 1.54. The van der Waals surface area contributed by atoms with E-state index < -0.39 is 11.8 Å². The molecule has 0 N–H and O–H groups in total. The molecule has 0 bridgehead atoms. The average Bonchev–Trinajstić information content (AvgIpc) is 2.55. The maximum atomic E-state index is 14.3. The number of hydrogen-bond acceptors (Lipinski definition) is 4. The number of aryl methyl sites for hydroxylation is 1. The molecule has 0 fully saturated rings. The Kier molecular flexibility index (Phi) is 6.29. The topological polar surface area (TPSA) is 52.1 Å². The van der Waals surface area contributed by atoms with Crippen LogP contribution in [0.4, 0.5) is 4.39 Å². The van der Waals surface area contributed by atoms with Gasteiger partial charge in [0.25, 0.3) is 0 Å². The number of carbonyl (C=O) groups is 1. The van der Waals surface area contributed by atoms with Gasteiger partial charge in [0, 0.05) is 11.6 Å². The summed E-state index contributed by atoms with van der Waals surface area (Å²) in [6.07, 6.45) is 4.62. The zero-order valence-corrected chi connectivity index (χ0v) is 14.7. The normalized spacial score (nSPS) is 11.0. The Hall–Kier alpha value is -1.98. The Morgan fingerprint density at radius 2 is 2.04 bits per heavy atom. The lowest BCUT2D eigenvalue weighted by Gasteiger charge is -2.09. The van der Waals surface area contributed by atoms with Gasteiger partial charge in [-0.3, -0.25) is 0 Å². The minimum absolute atomic E-state index is 0.165. The first-order valence-corrected chi connectivity index (χ1v) is 8.07. The van der Waals surface area contributed by atoms with Crippen LogP contribution in [0.5, 0.6) is 0 Å². The molecule has 1 heterocycles. The molecule has 0 atom stereocenters. The van der Waals surface area contributed by atoms with E-state index in [0.717, 1.165) is 6.07 Å². The van der Waals surface area contributed by atoms with Crippen LogP contribution in [-0.4, -0.2) is 22.5 Å².